The van der Waals surface area contributed by atoms with E-state index in [9.17, 15) is 0 Å². The second kappa shape index (κ2) is 5.03. The van der Waals surface area contributed by atoms with Crippen LogP contribution in [-0.4, -0.2) is 37.5 Å². The smallest absolute Gasteiger partial charge is 0.0641 e. The molecule has 0 aromatic carbocycles. The van der Waals surface area contributed by atoms with Crippen LogP contribution < -0.4 is 5.32 Å². The van der Waals surface area contributed by atoms with Gasteiger partial charge in [-0.2, -0.15) is 0 Å². The standard InChI is InChI=1S/C13H25NO2/c1-10-11(4-6-15-10)9-14-12-5-7-16-13(2,3)8-12/h10-12,14H,4-9H2,1-3H3. The van der Waals surface area contributed by atoms with Gasteiger partial charge in [0.15, 0.2) is 0 Å². The van der Waals surface area contributed by atoms with Crippen molar-refractivity contribution >= 4 is 0 Å². The topological polar surface area (TPSA) is 30.5 Å². The van der Waals surface area contributed by atoms with Gasteiger partial charge in [-0.3, -0.25) is 0 Å². The van der Waals surface area contributed by atoms with Crippen molar-refractivity contribution in [3.63, 3.8) is 0 Å². The zero-order chi connectivity index (χ0) is 11.6. The Morgan fingerprint density at radius 1 is 1.25 bits per heavy atom. The van der Waals surface area contributed by atoms with E-state index in [4.69, 9.17) is 9.47 Å². The van der Waals surface area contributed by atoms with Gasteiger partial charge in [-0.1, -0.05) is 0 Å². The molecule has 0 aliphatic carbocycles. The summed E-state index contributed by atoms with van der Waals surface area (Å²) in [4.78, 5) is 0. The third-order valence-electron chi connectivity index (χ3n) is 3.90. The van der Waals surface area contributed by atoms with Gasteiger partial charge in [0, 0.05) is 25.8 Å². The molecule has 2 rings (SSSR count). The van der Waals surface area contributed by atoms with Crippen molar-refractivity contribution in [3.05, 3.63) is 0 Å². The molecule has 0 bridgehead atoms. The summed E-state index contributed by atoms with van der Waals surface area (Å²) in [5, 5.41) is 3.69. The lowest BCUT2D eigenvalue weighted by Gasteiger charge is -2.36. The van der Waals surface area contributed by atoms with Crippen LogP contribution in [-0.2, 0) is 9.47 Å². The van der Waals surface area contributed by atoms with E-state index in [0.717, 1.165) is 32.6 Å². The summed E-state index contributed by atoms with van der Waals surface area (Å²) in [5.74, 6) is 0.700. The van der Waals surface area contributed by atoms with E-state index in [0.29, 0.717) is 18.1 Å². The lowest BCUT2D eigenvalue weighted by molar-refractivity contribution is -0.0633. The van der Waals surface area contributed by atoms with E-state index in [1.165, 1.54) is 6.42 Å². The monoisotopic (exact) mass is 227 g/mol. The molecule has 3 unspecified atom stereocenters. The molecular formula is C13H25NO2. The van der Waals surface area contributed by atoms with Gasteiger partial charge in [-0.25, -0.2) is 0 Å². The van der Waals surface area contributed by atoms with Crippen LogP contribution >= 0.6 is 0 Å². The van der Waals surface area contributed by atoms with Gasteiger partial charge in [0.25, 0.3) is 0 Å². The Morgan fingerprint density at radius 3 is 2.69 bits per heavy atom. The SMILES string of the molecule is CC1OCCC1CNC1CCOC(C)(C)C1. The maximum atomic E-state index is 5.72. The zero-order valence-electron chi connectivity index (χ0n) is 10.8. The largest absolute Gasteiger partial charge is 0.378 e. The van der Waals surface area contributed by atoms with E-state index in [-0.39, 0.29) is 5.60 Å². The summed E-state index contributed by atoms with van der Waals surface area (Å²) in [6.45, 7) is 9.48. The Hall–Kier alpha value is -0.120. The quantitative estimate of drug-likeness (QED) is 0.799. The highest BCUT2D eigenvalue weighted by Crippen LogP contribution is 2.25. The first-order valence-corrected chi connectivity index (χ1v) is 6.56. The lowest BCUT2D eigenvalue weighted by Crippen LogP contribution is -2.45. The van der Waals surface area contributed by atoms with E-state index in [2.05, 4.69) is 26.1 Å². The molecule has 2 aliphatic heterocycles. The molecule has 2 heterocycles. The molecule has 0 spiro atoms. The van der Waals surface area contributed by atoms with Gasteiger partial charge >= 0.3 is 0 Å². The molecule has 3 heteroatoms. The van der Waals surface area contributed by atoms with Crippen LogP contribution in [0.5, 0.6) is 0 Å². The van der Waals surface area contributed by atoms with Crippen molar-refractivity contribution in [2.45, 2.75) is 57.8 Å². The molecule has 2 fully saturated rings. The van der Waals surface area contributed by atoms with Crippen molar-refractivity contribution in [2.75, 3.05) is 19.8 Å². The molecule has 0 aromatic rings. The van der Waals surface area contributed by atoms with Crippen LogP contribution in [0.25, 0.3) is 0 Å². The molecule has 3 atom stereocenters. The molecule has 94 valence electrons. The first-order valence-electron chi connectivity index (χ1n) is 6.56. The predicted octanol–water partition coefficient (Wildman–Crippen LogP) is 1.96. The highest BCUT2D eigenvalue weighted by Gasteiger charge is 2.30. The number of hydrogen-bond acceptors (Lipinski definition) is 3. The van der Waals surface area contributed by atoms with Crippen LogP contribution in [0, 0.1) is 5.92 Å². The lowest BCUT2D eigenvalue weighted by atomic mass is 9.93. The highest BCUT2D eigenvalue weighted by molar-refractivity contribution is 4.84. The predicted molar refractivity (Wildman–Crippen MR) is 64.6 cm³/mol. The molecule has 0 aromatic heterocycles. The number of nitrogens with one attached hydrogen (secondary N) is 1. The zero-order valence-corrected chi connectivity index (χ0v) is 10.8. The normalized spacial score (nSPS) is 38.8. The first-order chi connectivity index (χ1) is 7.57. The maximum Gasteiger partial charge on any atom is 0.0641 e. The van der Waals surface area contributed by atoms with Gasteiger partial charge in [0.2, 0.25) is 0 Å². The number of ether oxygens (including phenoxy) is 2. The van der Waals surface area contributed by atoms with E-state index >= 15 is 0 Å². The minimum Gasteiger partial charge on any atom is -0.378 e. The molecule has 1 N–H and O–H groups in total. The van der Waals surface area contributed by atoms with Crippen LogP contribution in [0.1, 0.15) is 40.0 Å². The Bertz CT molecular complexity index is 230. The van der Waals surface area contributed by atoms with Gasteiger partial charge in [0.1, 0.15) is 0 Å². The van der Waals surface area contributed by atoms with E-state index in [1.807, 2.05) is 0 Å². The van der Waals surface area contributed by atoms with Crippen LogP contribution in [0.3, 0.4) is 0 Å². The number of hydrogen-bond donors (Lipinski definition) is 1. The fourth-order valence-electron chi connectivity index (χ4n) is 2.77. The maximum absolute atomic E-state index is 5.72. The van der Waals surface area contributed by atoms with Crippen LogP contribution in [0.2, 0.25) is 0 Å². The molecule has 2 saturated heterocycles. The number of rotatable bonds is 3. The molecule has 0 radical (unpaired) electrons. The summed E-state index contributed by atoms with van der Waals surface area (Å²) < 4.78 is 11.3. The Labute approximate surface area is 98.9 Å². The fraction of sp³-hybridized carbons (Fsp3) is 1.00. The minimum atomic E-state index is 0.0493. The Morgan fingerprint density at radius 2 is 2.06 bits per heavy atom. The second-order valence-electron chi connectivity index (χ2n) is 5.83. The summed E-state index contributed by atoms with van der Waals surface area (Å²) in [5.41, 5.74) is 0.0493. The van der Waals surface area contributed by atoms with Crippen molar-refractivity contribution in [1.29, 1.82) is 0 Å². The summed E-state index contributed by atoms with van der Waals surface area (Å²) in [7, 11) is 0. The second-order valence-corrected chi connectivity index (χ2v) is 5.83. The molecule has 0 saturated carbocycles. The van der Waals surface area contributed by atoms with Gasteiger partial charge in [-0.15, -0.1) is 0 Å². The van der Waals surface area contributed by atoms with Crippen molar-refractivity contribution in [1.82, 2.24) is 5.32 Å². The van der Waals surface area contributed by atoms with Gasteiger partial charge in [0.05, 0.1) is 11.7 Å². The van der Waals surface area contributed by atoms with Crippen molar-refractivity contribution < 1.29 is 9.47 Å². The third kappa shape index (κ3) is 3.19. The highest BCUT2D eigenvalue weighted by atomic mass is 16.5. The summed E-state index contributed by atoms with van der Waals surface area (Å²) >= 11 is 0. The van der Waals surface area contributed by atoms with Crippen LogP contribution in [0.15, 0.2) is 0 Å². The summed E-state index contributed by atoms with van der Waals surface area (Å²) in [6, 6.07) is 0.622. The molecule has 2 aliphatic rings. The molecular weight excluding hydrogens is 202 g/mol. The van der Waals surface area contributed by atoms with E-state index in [1.54, 1.807) is 0 Å². The summed E-state index contributed by atoms with van der Waals surface area (Å²) in [6.07, 6.45) is 3.90. The van der Waals surface area contributed by atoms with Crippen LogP contribution in [0.4, 0.5) is 0 Å². The Kier molecular flexibility index (Phi) is 3.88. The first kappa shape index (κ1) is 12.3. The molecule has 0 amide bonds. The Balaban J connectivity index is 1.73. The average molecular weight is 227 g/mol. The van der Waals surface area contributed by atoms with Gasteiger partial charge < -0.3 is 14.8 Å². The third-order valence-corrected chi connectivity index (χ3v) is 3.90. The molecule has 16 heavy (non-hydrogen) atoms. The average Bonchev–Trinajstić information content (AvgIpc) is 2.60. The van der Waals surface area contributed by atoms with Crippen molar-refractivity contribution in [2.24, 2.45) is 5.92 Å². The van der Waals surface area contributed by atoms with Gasteiger partial charge in [-0.05, 0) is 46.0 Å². The van der Waals surface area contributed by atoms with E-state index < -0.39 is 0 Å². The fourth-order valence-corrected chi connectivity index (χ4v) is 2.77. The minimum absolute atomic E-state index is 0.0493. The van der Waals surface area contributed by atoms with Crippen molar-refractivity contribution in [3.8, 4) is 0 Å². The molecule has 3 nitrogen and oxygen atoms in total.